The number of esters is 1. The highest BCUT2D eigenvalue weighted by Crippen LogP contribution is 2.28. The van der Waals surface area contributed by atoms with Crippen LogP contribution in [-0.2, 0) is 14.3 Å². The molecule has 1 N–H and O–H groups in total. The molecule has 0 aromatic carbocycles. The number of ether oxygens (including phenoxy) is 2. The molecule has 0 aromatic heterocycles. The number of carbonyl (C=O) groups excluding carboxylic acids is 1. The molecule has 1 fully saturated rings. The predicted octanol–water partition coefficient (Wildman–Crippen LogP) is 1.34. The zero-order chi connectivity index (χ0) is 12.0. The molecule has 94 valence electrons. The SMILES string of the molecule is CCOC(=O)C(C)(CCOC)NCC1CC1. The van der Waals surface area contributed by atoms with Crippen LogP contribution in [0.5, 0.6) is 0 Å². The van der Waals surface area contributed by atoms with Crippen molar-refractivity contribution in [2.75, 3.05) is 26.9 Å². The largest absolute Gasteiger partial charge is 0.465 e. The van der Waals surface area contributed by atoms with E-state index in [4.69, 9.17) is 9.47 Å². The van der Waals surface area contributed by atoms with Gasteiger partial charge in [-0.3, -0.25) is 4.79 Å². The molecule has 0 saturated heterocycles. The highest BCUT2D eigenvalue weighted by molar-refractivity contribution is 5.80. The Morgan fingerprint density at radius 2 is 2.19 bits per heavy atom. The molecule has 0 amide bonds. The lowest BCUT2D eigenvalue weighted by molar-refractivity contribution is -0.151. The van der Waals surface area contributed by atoms with Crippen molar-refractivity contribution in [1.29, 1.82) is 0 Å². The van der Waals surface area contributed by atoms with E-state index in [-0.39, 0.29) is 5.97 Å². The fourth-order valence-corrected chi connectivity index (χ4v) is 1.55. The predicted molar refractivity (Wildman–Crippen MR) is 62.3 cm³/mol. The van der Waals surface area contributed by atoms with Gasteiger partial charge >= 0.3 is 5.97 Å². The fraction of sp³-hybridized carbons (Fsp3) is 0.917. The quantitative estimate of drug-likeness (QED) is 0.638. The van der Waals surface area contributed by atoms with Gasteiger partial charge in [0.1, 0.15) is 5.54 Å². The third kappa shape index (κ3) is 4.10. The Kier molecular flexibility index (Phi) is 5.22. The Morgan fingerprint density at radius 3 is 2.69 bits per heavy atom. The molecule has 0 aromatic rings. The maximum Gasteiger partial charge on any atom is 0.326 e. The number of rotatable bonds is 8. The molecule has 0 bridgehead atoms. The van der Waals surface area contributed by atoms with E-state index >= 15 is 0 Å². The molecule has 1 aliphatic carbocycles. The number of methoxy groups -OCH3 is 1. The normalized spacial score (nSPS) is 19.2. The van der Waals surface area contributed by atoms with Crippen LogP contribution in [0, 0.1) is 5.92 Å². The van der Waals surface area contributed by atoms with Crippen LogP contribution in [0.3, 0.4) is 0 Å². The van der Waals surface area contributed by atoms with Crippen LogP contribution in [0.1, 0.15) is 33.1 Å². The Hall–Kier alpha value is -0.610. The van der Waals surface area contributed by atoms with Gasteiger partial charge in [-0.1, -0.05) is 0 Å². The van der Waals surface area contributed by atoms with Gasteiger partial charge in [-0.25, -0.2) is 0 Å². The minimum atomic E-state index is -0.603. The molecule has 1 unspecified atom stereocenters. The first kappa shape index (κ1) is 13.5. The molecule has 1 atom stereocenters. The van der Waals surface area contributed by atoms with E-state index in [0.29, 0.717) is 19.6 Å². The minimum absolute atomic E-state index is 0.173. The van der Waals surface area contributed by atoms with Gasteiger partial charge in [-0.15, -0.1) is 0 Å². The second-order valence-electron chi connectivity index (χ2n) is 4.62. The molecule has 16 heavy (non-hydrogen) atoms. The molecule has 0 spiro atoms. The van der Waals surface area contributed by atoms with Gasteiger partial charge in [0.05, 0.1) is 6.61 Å². The van der Waals surface area contributed by atoms with E-state index in [1.807, 2.05) is 13.8 Å². The molecule has 0 aliphatic heterocycles. The summed E-state index contributed by atoms with van der Waals surface area (Å²) in [6.45, 7) is 5.61. The number of hydrogen-bond acceptors (Lipinski definition) is 4. The zero-order valence-corrected chi connectivity index (χ0v) is 10.5. The van der Waals surface area contributed by atoms with Crippen molar-refractivity contribution < 1.29 is 14.3 Å². The van der Waals surface area contributed by atoms with E-state index in [0.717, 1.165) is 12.5 Å². The average Bonchev–Trinajstić information content (AvgIpc) is 3.07. The van der Waals surface area contributed by atoms with E-state index < -0.39 is 5.54 Å². The number of nitrogens with one attached hydrogen (secondary N) is 1. The van der Waals surface area contributed by atoms with Crippen LogP contribution in [-0.4, -0.2) is 38.4 Å². The van der Waals surface area contributed by atoms with Crippen molar-refractivity contribution in [3.8, 4) is 0 Å². The van der Waals surface area contributed by atoms with Gasteiger partial charge in [-0.05, 0) is 45.6 Å². The zero-order valence-electron chi connectivity index (χ0n) is 10.5. The van der Waals surface area contributed by atoms with Crippen molar-refractivity contribution in [3.05, 3.63) is 0 Å². The standard InChI is InChI=1S/C12H23NO3/c1-4-16-11(14)12(2,7-8-15-3)13-9-10-5-6-10/h10,13H,4-9H2,1-3H3. The van der Waals surface area contributed by atoms with Crippen LogP contribution in [0.2, 0.25) is 0 Å². The summed E-state index contributed by atoms with van der Waals surface area (Å²) in [5.74, 6) is 0.573. The van der Waals surface area contributed by atoms with Crippen molar-refractivity contribution >= 4 is 5.97 Å². The molecular weight excluding hydrogens is 206 g/mol. The second kappa shape index (κ2) is 6.21. The molecule has 0 radical (unpaired) electrons. The average molecular weight is 229 g/mol. The highest BCUT2D eigenvalue weighted by atomic mass is 16.5. The second-order valence-corrected chi connectivity index (χ2v) is 4.62. The molecule has 4 nitrogen and oxygen atoms in total. The third-order valence-electron chi connectivity index (χ3n) is 3.01. The number of hydrogen-bond donors (Lipinski definition) is 1. The summed E-state index contributed by atoms with van der Waals surface area (Å²) in [7, 11) is 1.65. The van der Waals surface area contributed by atoms with Crippen LogP contribution in [0.15, 0.2) is 0 Å². The smallest absolute Gasteiger partial charge is 0.326 e. The van der Waals surface area contributed by atoms with Crippen LogP contribution in [0.4, 0.5) is 0 Å². The summed E-state index contributed by atoms with van der Waals surface area (Å²) < 4.78 is 10.1. The topological polar surface area (TPSA) is 47.6 Å². The van der Waals surface area contributed by atoms with Gasteiger partial charge in [0, 0.05) is 13.7 Å². The summed E-state index contributed by atoms with van der Waals surface area (Å²) in [6.07, 6.45) is 3.20. The van der Waals surface area contributed by atoms with Crippen LogP contribution < -0.4 is 5.32 Å². The van der Waals surface area contributed by atoms with Gasteiger partial charge in [0.25, 0.3) is 0 Å². The molecule has 1 saturated carbocycles. The molecular formula is C12H23NO3. The number of carbonyl (C=O) groups is 1. The van der Waals surface area contributed by atoms with Crippen molar-refractivity contribution in [3.63, 3.8) is 0 Å². The van der Waals surface area contributed by atoms with Crippen molar-refractivity contribution in [1.82, 2.24) is 5.32 Å². The fourth-order valence-electron chi connectivity index (χ4n) is 1.55. The minimum Gasteiger partial charge on any atom is -0.465 e. The summed E-state index contributed by atoms with van der Waals surface area (Å²) in [4.78, 5) is 11.9. The maximum absolute atomic E-state index is 11.9. The molecule has 1 rings (SSSR count). The summed E-state index contributed by atoms with van der Waals surface area (Å²) in [6, 6.07) is 0. The first-order valence-electron chi connectivity index (χ1n) is 6.03. The Morgan fingerprint density at radius 1 is 1.50 bits per heavy atom. The first-order valence-corrected chi connectivity index (χ1v) is 6.03. The third-order valence-corrected chi connectivity index (χ3v) is 3.01. The van der Waals surface area contributed by atoms with Gasteiger partial charge in [-0.2, -0.15) is 0 Å². The van der Waals surface area contributed by atoms with Crippen LogP contribution in [0.25, 0.3) is 0 Å². The van der Waals surface area contributed by atoms with E-state index in [1.54, 1.807) is 7.11 Å². The van der Waals surface area contributed by atoms with E-state index in [9.17, 15) is 4.79 Å². The van der Waals surface area contributed by atoms with Crippen molar-refractivity contribution in [2.24, 2.45) is 5.92 Å². The highest BCUT2D eigenvalue weighted by Gasteiger charge is 2.35. The maximum atomic E-state index is 11.9. The van der Waals surface area contributed by atoms with E-state index in [2.05, 4.69) is 5.32 Å². The lowest BCUT2D eigenvalue weighted by atomic mass is 9.98. The molecule has 1 aliphatic rings. The Labute approximate surface area is 97.7 Å². The molecule has 0 heterocycles. The Balaban J connectivity index is 2.46. The lowest BCUT2D eigenvalue weighted by Gasteiger charge is -2.28. The summed E-state index contributed by atoms with van der Waals surface area (Å²) >= 11 is 0. The van der Waals surface area contributed by atoms with Gasteiger partial charge in [0.15, 0.2) is 0 Å². The van der Waals surface area contributed by atoms with Gasteiger partial charge in [0.2, 0.25) is 0 Å². The summed E-state index contributed by atoms with van der Waals surface area (Å²) in [5, 5.41) is 3.32. The monoisotopic (exact) mass is 229 g/mol. The van der Waals surface area contributed by atoms with Crippen LogP contribution >= 0.6 is 0 Å². The van der Waals surface area contributed by atoms with E-state index in [1.165, 1.54) is 12.8 Å². The lowest BCUT2D eigenvalue weighted by Crippen LogP contribution is -2.51. The summed E-state index contributed by atoms with van der Waals surface area (Å²) in [5.41, 5.74) is -0.603. The van der Waals surface area contributed by atoms with Gasteiger partial charge < -0.3 is 14.8 Å². The first-order chi connectivity index (χ1) is 7.62. The molecule has 4 heteroatoms. The van der Waals surface area contributed by atoms with Crippen molar-refractivity contribution in [2.45, 2.75) is 38.6 Å². The Bertz CT molecular complexity index is 228.